The number of likely N-dealkylation sites (tertiary alicyclic amines) is 1. The Labute approximate surface area is 166 Å². The molecule has 2 atom stereocenters. The Morgan fingerprint density at radius 2 is 2.04 bits per heavy atom. The summed E-state index contributed by atoms with van der Waals surface area (Å²) in [6.07, 6.45) is 1.78. The second-order valence-electron chi connectivity index (χ2n) is 7.10. The van der Waals surface area contributed by atoms with Gasteiger partial charge in [-0.2, -0.15) is 0 Å². The molecule has 2 heterocycles. The van der Waals surface area contributed by atoms with Crippen molar-refractivity contribution in [2.24, 2.45) is 11.7 Å². The molecule has 27 heavy (non-hydrogen) atoms. The first-order valence-electron chi connectivity index (χ1n) is 9.20. The van der Waals surface area contributed by atoms with Crippen LogP contribution in [0.3, 0.4) is 0 Å². The van der Waals surface area contributed by atoms with E-state index in [4.69, 9.17) is 15.2 Å². The Morgan fingerprint density at radius 3 is 2.78 bits per heavy atom. The van der Waals surface area contributed by atoms with Crippen LogP contribution in [0.25, 0.3) is 0 Å². The van der Waals surface area contributed by atoms with Crippen LogP contribution in [0.1, 0.15) is 38.3 Å². The molecule has 2 aliphatic rings. The highest BCUT2D eigenvalue weighted by atomic mass is 35.5. The van der Waals surface area contributed by atoms with E-state index < -0.39 is 6.04 Å². The summed E-state index contributed by atoms with van der Waals surface area (Å²) >= 11 is 0. The first-order chi connectivity index (χ1) is 12.5. The van der Waals surface area contributed by atoms with Crippen molar-refractivity contribution in [1.29, 1.82) is 0 Å². The van der Waals surface area contributed by atoms with Crippen LogP contribution in [-0.4, -0.2) is 49.1 Å². The quantitative estimate of drug-likeness (QED) is 0.787. The topological polar surface area (TPSA) is 93.9 Å². The van der Waals surface area contributed by atoms with Crippen LogP contribution < -0.4 is 20.5 Å². The minimum atomic E-state index is -0.608. The van der Waals surface area contributed by atoms with Crippen LogP contribution in [0.5, 0.6) is 11.5 Å². The van der Waals surface area contributed by atoms with E-state index >= 15 is 0 Å². The van der Waals surface area contributed by atoms with Crippen molar-refractivity contribution in [2.45, 2.75) is 38.8 Å². The fourth-order valence-electron chi connectivity index (χ4n) is 3.43. The molecule has 0 saturated carbocycles. The fraction of sp³-hybridized carbons (Fsp3) is 0.579. The highest BCUT2D eigenvalue weighted by molar-refractivity contribution is 5.87. The molecule has 1 saturated heterocycles. The summed E-state index contributed by atoms with van der Waals surface area (Å²) in [5, 5.41) is 2.66. The largest absolute Gasteiger partial charge is 0.486 e. The molecule has 2 amide bonds. The van der Waals surface area contributed by atoms with Gasteiger partial charge in [-0.25, -0.2) is 0 Å². The number of nitrogens with zero attached hydrogens (tertiary/aromatic N) is 1. The van der Waals surface area contributed by atoms with Gasteiger partial charge in [0.05, 0.1) is 18.6 Å². The molecule has 0 spiro atoms. The average molecular weight is 398 g/mol. The number of benzene rings is 1. The van der Waals surface area contributed by atoms with E-state index in [0.717, 1.165) is 29.9 Å². The third kappa shape index (κ3) is 4.65. The third-order valence-corrected chi connectivity index (χ3v) is 4.96. The lowest BCUT2D eigenvalue weighted by molar-refractivity contribution is -0.134. The fourth-order valence-corrected chi connectivity index (χ4v) is 3.43. The van der Waals surface area contributed by atoms with Gasteiger partial charge in [-0.3, -0.25) is 9.59 Å². The Balaban J connectivity index is 0.00000261. The third-order valence-electron chi connectivity index (χ3n) is 4.96. The number of fused-ring (bicyclic) bond motifs is 1. The summed E-state index contributed by atoms with van der Waals surface area (Å²) in [5.41, 5.74) is 6.80. The van der Waals surface area contributed by atoms with Crippen molar-refractivity contribution in [3.63, 3.8) is 0 Å². The molecule has 0 aromatic heterocycles. The summed E-state index contributed by atoms with van der Waals surface area (Å²) < 4.78 is 11.4. The van der Waals surface area contributed by atoms with Gasteiger partial charge in [0, 0.05) is 12.1 Å². The second kappa shape index (κ2) is 9.28. The summed E-state index contributed by atoms with van der Waals surface area (Å²) in [6.45, 7) is 5.42. The van der Waals surface area contributed by atoms with Crippen molar-refractivity contribution in [3.8, 4) is 11.5 Å². The number of nitrogens with two attached hydrogens (primary N) is 1. The van der Waals surface area contributed by atoms with Crippen LogP contribution in [-0.2, 0) is 9.59 Å². The number of hydrogen-bond donors (Lipinski definition) is 2. The molecule has 0 bridgehead atoms. The number of carbonyl (C=O) groups is 2. The number of amides is 2. The van der Waals surface area contributed by atoms with Gasteiger partial charge < -0.3 is 25.4 Å². The minimum absolute atomic E-state index is 0. The lowest BCUT2D eigenvalue weighted by Crippen LogP contribution is -2.47. The molecule has 0 aliphatic carbocycles. The van der Waals surface area contributed by atoms with E-state index in [0.29, 0.717) is 19.8 Å². The van der Waals surface area contributed by atoms with Crippen molar-refractivity contribution in [3.05, 3.63) is 23.8 Å². The molecule has 150 valence electrons. The van der Waals surface area contributed by atoms with Crippen molar-refractivity contribution < 1.29 is 19.1 Å². The Morgan fingerprint density at radius 1 is 1.30 bits per heavy atom. The molecule has 1 aromatic carbocycles. The number of nitrogens with one attached hydrogen (secondary N) is 1. The van der Waals surface area contributed by atoms with Crippen LogP contribution in [0.2, 0.25) is 0 Å². The van der Waals surface area contributed by atoms with E-state index in [1.807, 2.05) is 36.9 Å². The summed E-state index contributed by atoms with van der Waals surface area (Å²) in [7, 11) is 0. The Kier molecular flexibility index (Phi) is 7.33. The van der Waals surface area contributed by atoms with Gasteiger partial charge in [0.25, 0.3) is 0 Å². The van der Waals surface area contributed by atoms with E-state index in [9.17, 15) is 9.59 Å². The zero-order chi connectivity index (χ0) is 18.7. The van der Waals surface area contributed by atoms with Gasteiger partial charge in [0.1, 0.15) is 13.2 Å². The number of hydrogen-bond acceptors (Lipinski definition) is 5. The zero-order valence-electron chi connectivity index (χ0n) is 15.8. The predicted octanol–water partition coefficient (Wildman–Crippen LogP) is 1.64. The van der Waals surface area contributed by atoms with Gasteiger partial charge in [-0.05, 0) is 24.8 Å². The molecule has 1 unspecified atom stereocenters. The van der Waals surface area contributed by atoms with Gasteiger partial charge >= 0.3 is 0 Å². The number of halogens is 1. The van der Waals surface area contributed by atoms with E-state index in [1.54, 1.807) is 0 Å². The van der Waals surface area contributed by atoms with Gasteiger partial charge in [0.15, 0.2) is 11.5 Å². The minimum Gasteiger partial charge on any atom is -0.486 e. The normalized spacial score (nSPS) is 19.4. The number of para-hydroxylation sites is 1. The summed E-state index contributed by atoms with van der Waals surface area (Å²) in [5.74, 6) is 1.08. The maximum Gasteiger partial charge on any atom is 0.242 e. The van der Waals surface area contributed by atoms with Crippen LogP contribution >= 0.6 is 12.4 Å². The summed E-state index contributed by atoms with van der Waals surface area (Å²) in [6, 6.07) is 5.12. The van der Waals surface area contributed by atoms with Crippen LogP contribution in [0.4, 0.5) is 0 Å². The van der Waals surface area contributed by atoms with Crippen LogP contribution in [0, 0.1) is 5.92 Å². The van der Waals surface area contributed by atoms with Gasteiger partial charge in [0.2, 0.25) is 11.8 Å². The average Bonchev–Trinajstić information content (AvgIpc) is 3.14. The SMILES string of the molecule is CC(C)[C@H](N)C(=O)NCC(=O)N1CCCC1c1cccc2c1OCCO2.Cl. The second-order valence-corrected chi connectivity index (χ2v) is 7.10. The highest BCUT2D eigenvalue weighted by Crippen LogP contribution is 2.42. The predicted molar refractivity (Wildman–Crippen MR) is 104 cm³/mol. The standard InChI is InChI=1S/C19H27N3O4.ClH/c1-12(2)17(20)19(24)21-11-16(23)22-8-4-6-14(22)13-5-3-7-15-18(13)26-10-9-25-15;/h3,5,7,12,14,17H,4,6,8-11,20H2,1-2H3,(H,21,24);1H/t14?,17-;/m0./s1. The molecule has 7 nitrogen and oxygen atoms in total. The molecule has 1 aromatic rings. The first-order valence-corrected chi connectivity index (χ1v) is 9.20. The molecule has 3 N–H and O–H groups in total. The van der Waals surface area contributed by atoms with E-state index in [2.05, 4.69) is 5.32 Å². The van der Waals surface area contributed by atoms with E-state index in [1.165, 1.54) is 0 Å². The number of carbonyl (C=O) groups excluding carboxylic acids is 2. The first kappa shape index (κ1) is 21.3. The Hall–Kier alpha value is -1.99. The highest BCUT2D eigenvalue weighted by Gasteiger charge is 2.33. The van der Waals surface area contributed by atoms with Gasteiger partial charge in [-0.15, -0.1) is 12.4 Å². The molecule has 8 heteroatoms. The molecule has 2 aliphatic heterocycles. The molecule has 1 fully saturated rings. The maximum absolute atomic E-state index is 12.7. The molecular weight excluding hydrogens is 370 g/mol. The number of ether oxygens (including phenoxy) is 2. The van der Waals surface area contributed by atoms with Gasteiger partial charge in [-0.1, -0.05) is 26.0 Å². The lowest BCUT2D eigenvalue weighted by Gasteiger charge is -2.29. The Bertz CT molecular complexity index is 683. The van der Waals surface area contributed by atoms with Crippen molar-refractivity contribution in [1.82, 2.24) is 10.2 Å². The molecule has 0 radical (unpaired) electrons. The van der Waals surface area contributed by atoms with Crippen molar-refractivity contribution >= 4 is 24.2 Å². The smallest absolute Gasteiger partial charge is 0.242 e. The number of rotatable bonds is 5. The monoisotopic (exact) mass is 397 g/mol. The summed E-state index contributed by atoms with van der Waals surface area (Å²) in [4.78, 5) is 26.5. The molecule has 3 rings (SSSR count). The van der Waals surface area contributed by atoms with E-state index in [-0.39, 0.29) is 42.7 Å². The van der Waals surface area contributed by atoms with Crippen molar-refractivity contribution in [2.75, 3.05) is 26.3 Å². The molecular formula is C19H28ClN3O4. The maximum atomic E-state index is 12.7. The zero-order valence-corrected chi connectivity index (χ0v) is 16.6. The lowest BCUT2D eigenvalue weighted by atomic mass is 10.0. The van der Waals surface area contributed by atoms with Crippen LogP contribution in [0.15, 0.2) is 18.2 Å².